The summed E-state index contributed by atoms with van der Waals surface area (Å²) >= 11 is 0. The molecule has 26 heavy (non-hydrogen) atoms. The second kappa shape index (κ2) is 7.07. The lowest BCUT2D eigenvalue weighted by molar-refractivity contribution is 0.0299. The molecule has 4 heterocycles. The largest absolute Gasteiger partial charge is 0.378 e. The highest BCUT2D eigenvalue weighted by Crippen LogP contribution is 2.28. The number of carbonyl (C=O) groups excluding carboxylic acids is 1. The van der Waals surface area contributed by atoms with Gasteiger partial charge in [0.25, 0.3) is 5.91 Å². The van der Waals surface area contributed by atoms with Crippen molar-refractivity contribution < 1.29 is 9.53 Å². The molecule has 0 radical (unpaired) electrons. The number of hydrogen-bond donors (Lipinski definition) is 0. The molecule has 2 fully saturated rings. The molecule has 0 saturated carbocycles. The number of pyridine rings is 1. The Bertz CT molecular complexity index is 797. The first-order valence-electron chi connectivity index (χ1n) is 9.22. The summed E-state index contributed by atoms with van der Waals surface area (Å²) in [6.45, 7) is 8.46. The van der Waals surface area contributed by atoms with Gasteiger partial charge >= 0.3 is 0 Å². The number of morpholine rings is 1. The number of carbonyl (C=O) groups is 1. The van der Waals surface area contributed by atoms with Gasteiger partial charge in [-0.05, 0) is 38.5 Å². The number of ether oxygens (including phenoxy) is 1. The molecule has 4 rings (SSSR count). The van der Waals surface area contributed by atoms with Gasteiger partial charge in [0.1, 0.15) is 5.69 Å². The van der Waals surface area contributed by atoms with Crippen LogP contribution in [0.5, 0.6) is 0 Å². The van der Waals surface area contributed by atoms with Crippen LogP contribution < -0.4 is 4.90 Å². The fourth-order valence-electron chi connectivity index (χ4n) is 3.85. The summed E-state index contributed by atoms with van der Waals surface area (Å²) in [6, 6.07) is 6.39. The van der Waals surface area contributed by atoms with Crippen LogP contribution in [0.15, 0.2) is 24.4 Å². The normalized spacial score (nSPS) is 20.6. The van der Waals surface area contributed by atoms with E-state index in [9.17, 15) is 4.79 Å². The molecule has 2 saturated heterocycles. The van der Waals surface area contributed by atoms with E-state index in [0.29, 0.717) is 38.0 Å². The smallest absolute Gasteiger partial charge is 0.272 e. The van der Waals surface area contributed by atoms with Crippen molar-refractivity contribution in [3.05, 3.63) is 41.5 Å². The molecule has 2 aliphatic heterocycles. The van der Waals surface area contributed by atoms with Crippen LogP contribution in [-0.2, 0) is 4.74 Å². The molecule has 138 valence electrons. The van der Waals surface area contributed by atoms with E-state index in [2.05, 4.69) is 32.7 Å². The number of amides is 1. The molecular formula is C19H25N5O2. The highest BCUT2D eigenvalue weighted by molar-refractivity contribution is 5.93. The highest BCUT2D eigenvalue weighted by Gasteiger charge is 2.27. The van der Waals surface area contributed by atoms with E-state index in [1.165, 1.54) is 5.69 Å². The van der Waals surface area contributed by atoms with E-state index < -0.39 is 0 Å². The Balaban J connectivity index is 1.48. The zero-order valence-corrected chi connectivity index (χ0v) is 15.4. The predicted molar refractivity (Wildman–Crippen MR) is 98.5 cm³/mol. The molecular weight excluding hydrogens is 330 g/mol. The van der Waals surface area contributed by atoms with Crippen LogP contribution in [0.1, 0.15) is 34.3 Å². The maximum atomic E-state index is 12.7. The van der Waals surface area contributed by atoms with Crippen molar-refractivity contribution >= 4 is 11.6 Å². The Hall–Kier alpha value is -2.41. The van der Waals surface area contributed by atoms with Gasteiger partial charge in [-0.25, -0.2) is 0 Å². The summed E-state index contributed by atoms with van der Waals surface area (Å²) in [7, 11) is 0. The average Bonchev–Trinajstić information content (AvgIpc) is 3.28. The monoisotopic (exact) mass is 355 g/mol. The molecule has 1 amide bonds. The van der Waals surface area contributed by atoms with E-state index in [4.69, 9.17) is 4.74 Å². The Labute approximate surface area is 153 Å². The molecule has 7 nitrogen and oxygen atoms in total. The number of aryl methyl sites for hydroxylation is 2. The Kier molecular flexibility index (Phi) is 4.63. The van der Waals surface area contributed by atoms with Crippen molar-refractivity contribution in [2.45, 2.75) is 26.3 Å². The molecule has 0 bridgehead atoms. The van der Waals surface area contributed by atoms with E-state index in [0.717, 1.165) is 30.9 Å². The van der Waals surface area contributed by atoms with Gasteiger partial charge in [0.15, 0.2) is 0 Å². The quantitative estimate of drug-likeness (QED) is 0.840. The van der Waals surface area contributed by atoms with Crippen LogP contribution in [0.25, 0.3) is 0 Å². The fourth-order valence-corrected chi connectivity index (χ4v) is 3.85. The van der Waals surface area contributed by atoms with Crippen molar-refractivity contribution in [1.29, 1.82) is 0 Å². The molecule has 1 atom stereocenters. The molecule has 0 N–H and O–H groups in total. The van der Waals surface area contributed by atoms with Gasteiger partial charge in [0, 0.05) is 43.8 Å². The zero-order chi connectivity index (χ0) is 18.1. The molecule has 0 aliphatic carbocycles. The molecule has 2 aromatic heterocycles. The standard InChI is InChI=1S/C19H25N5O2/c1-14-11-15(2)24(21-14)17-4-6-23(13-17)16-3-5-20-18(12-16)19(25)22-7-9-26-10-8-22/h3,5,11-12,17H,4,6-10,13H2,1-2H3/t17-/m1/s1. The Morgan fingerprint density at radius 2 is 2.00 bits per heavy atom. The van der Waals surface area contributed by atoms with Gasteiger partial charge in [-0.1, -0.05) is 0 Å². The lowest BCUT2D eigenvalue weighted by atomic mass is 10.2. The SMILES string of the molecule is Cc1cc(C)n([C@@H]2CCN(c3ccnc(C(=O)N4CCOCC4)c3)C2)n1. The summed E-state index contributed by atoms with van der Waals surface area (Å²) in [5.41, 5.74) is 3.83. The molecule has 2 aromatic rings. The van der Waals surface area contributed by atoms with E-state index in [-0.39, 0.29) is 5.91 Å². The van der Waals surface area contributed by atoms with Gasteiger partial charge in [0.2, 0.25) is 0 Å². The van der Waals surface area contributed by atoms with Gasteiger partial charge in [-0.15, -0.1) is 0 Å². The lowest BCUT2D eigenvalue weighted by Gasteiger charge is -2.27. The zero-order valence-electron chi connectivity index (χ0n) is 15.4. The first-order valence-corrected chi connectivity index (χ1v) is 9.22. The van der Waals surface area contributed by atoms with Crippen molar-refractivity contribution in [3.63, 3.8) is 0 Å². The molecule has 0 aromatic carbocycles. The van der Waals surface area contributed by atoms with Gasteiger partial charge in [-0.3, -0.25) is 14.5 Å². The first kappa shape index (κ1) is 17.0. The van der Waals surface area contributed by atoms with Crippen LogP contribution in [-0.4, -0.2) is 65.0 Å². The lowest BCUT2D eigenvalue weighted by Crippen LogP contribution is -2.41. The van der Waals surface area contributed by atoms with Crippen LogP contribution in [0.4, 0.5) is 5.69 Å². The Morgan fingerprint density at radius 1 is 1.19 bits per heavy atom. The molecule has 7 heteroatoms. The summed E-state index contributed by atoms with van der Waals surface area (Å²) in [4.78, 5) is 21.1. The average molecular weight is 355 g/mol. The second-order valence-electron chi connectivity index (χ2n) is 7.06. The van der Waals surface area contributed by atoms with Crippen LogP contribution in [0.2, 0.25) is 0 Å². The number of hydrogen-bond acceptors (Lipinski definition) is 5. The van der Waals surface area contributed by atoms with E-state index >= 15 is 0 Å². The maximum absolute atomic E-state index is 12.7. The third-order valence-electron chi connectivity index (χ3n) is 5.18. The number of rotatable bonds is 3. The third-order valence-corrected chi connectivity index (χ3v) is 5.18. The number of anilines is 1. The summed E-state index contributed by atoms with van der Waals surface area (Å²) in [6.07, 6.45) is 2.79. The van der Waals surface area contributed by atoms with E-state index in [1.807, 2.05) is 24.0 Å². The van der Waals surface area contributed by atoms with E-state index in [1.54, 1.807) is 6.20 Å². The summed E-state index contributed by atoms with van der Waals surface area (Å²) < 4.78 is 7.46. The summed E-state index contributed by atoms with van der Waals surface area (Å²) in [5, 5.41) is 4.63. The van der Waals surface area contributed by atoms with Crippen molar-refractivity contribution in [2.24, 2.45) is 0 Å². The van der Waals surface area contributed by atoms with Crippen molar-refractivity contribution in [1.82, 2.24) is 19.7 Å². The van der Waals surface area contributed by atoms with Crippen molar-refractivity contribution in [3.8, 4) is 0 Å². The maximum Gasteiger partial charge on any atom is 0.272 e. The third kappa shape index (κ3) is 3.31. The van der Waals surface area contributed by atoms with Crippen molar-refractivity contribution in [2.75, 3.05) is 44.3 Å². The molecule has 2 aliphatic rings. The number of nitrogens with zero attached hydrogens (tertiary/aromatic N) is 5. The van der Waals surface area contributed by atoms with Crippen LogP contribution >= 0.6 is 0 Å². The minimum absolute atomic E-state index is 0.00978. The Morgan fingerprint density at radius 3 is 2.73 bits per heavy atom. The highest BCUT2D eigenvalue weighted by atomic mass is 16.5. The van der Waals surface area contributed by atoms with Crippen LogP contribution in [0.3, 0.4) is 0 Å². The molecule has 0 unspecified atom stereocenters. The topological polar surface area (TPSA) is 63.5 Å². The minimum atomic E-state index is -0.00978. The minimum Gasteiger partial charge on any atom is -0.378 e. The van der Waals surface area contributed by atoms with Gasteiger partial charge < -0.3 is 14.5 Å². The number of aromatic nitrogens is 3. The predicted octanol–water partition coefficient (Wildman–Crippen LogP) is 1.82. The van der Waals surface area contributed by atoms with Crippen LogP contribution in [0, 0.1) is 13.8 Å². The van der Waals surface area contributed by atoms with Gasteiger partial charge in [-0.2, -0.15) is 5.10 Å². The first-order chi connectivity index (χ1) is 12.6. The molecule has 0 spiro atoms. The van der Waals surface area contributed by atoms with Gasteiger partial charge in [0.05, 0.1) is 24.9 Å². The fraction of sp³-hybridized carbons (Fsp3) is 0.526. The summed E-state index contributed by atoms with van der Waals surface area (Å²) in [5.74, 6) is -0.00978. The second-order valence-corrected chi connectivity index (χ2v) is 7.06.